The van der Waals surface area contributed by atoms with Gasteiger partial charge in [0.15, 0.2) is 0 Å². The van der Waals surface area contributed by atoms with Gasteiger partial charge in [-0.1, -0.05) is 32.5 Å². The van der Waals surface area contributed by atoms with Crippen LogP contribution in [0.4, 0.5) is 22.0 Å². The molecule has 0 saturated carbocycles. The Morgan fingerprint density at radius 3 is 2.00 bits per heavy atom. The van der Waals surface area contributed by atoms with E-state index in [1.54, 1.807) is 20.8 Å². The molecule has 0 fully saturated rings. The summed E-state index contributed by atoms with van der Waals surface area (Å²) in [6.45, 7) is 3.76. The van der Waals surface area contributed by atoms with Crippen molar-refractivity contribution in [2.75, 3.05) is 13.1 Å². The van der Waals surface area contributed by atoms with Crippen molar-refractivity contribution in [3.05, 3.63) is 29.8 Å². The minimum atomic E-state index is -4.51. The number of hydrogen-bond donors (Lipinski definition) is 0. The summed E-state index contributed by atoms with van der Waals surface area (Å²) in [5, 5.41) is 0. The molecule has 1 aromatic rings. The molecule has 23 heavy (non-hydrogen) atoms. The molecular weight excluding hydrogens is 337 g/mol. The Morgan fingerprint density at radius 2 is 1.61 bits per heavy atom. The molecule has 130 valence electrons. The first-order valence-electron chi connectivity index (χ1n) is 6.78. The van der Waals surface area contributed by atoms with E-state index in [4.69, 9.17) is 0 Å². The van der Waals surface area contributed by atoms with Crippen LogP contribution < -0.4 is 0 Å². The van der Waals surface area contributed by atoms with Crippen LogP contribution in [-0.2, 0) is 0 Å². The molecule has 0 aromatic heterocycles. The molecule has 1 rings (SSSR count). The monoisotopic (exact) mass is 355 g/mol. The topological polar surface area (TPSA) is 20.3 Å². The number of carbonyl (C=O) groups excluding carboxylic acids is 1. The largest absolute Gasteiger partial charge is 0.406 e. The molecule has 8 heteroatoms. The maximum absolute atomic E-state index is 12.7. The zero-order valence-electron chi connectivity index (χ0n) is 13.0. The van der Waals surface area contributed by atoms with Gasteiger partial charge in [-0.15, -0.1) is 0 Å². The number of halogens is 5. The van der Waals surface area contributed by atoms with E-state index in [1.807, 2.05) is 0 Å². The number of alkyl halides is 5. The predicted molar refractivity (Wildman–Crippen MR) is 79.7 cm³/mol. The molecule has 0 heterocycles. The molecule has 0 saturated heterocycles. The fraction of sp³-hybridized carbons (Fsp3) is 0.533. The van der Waals surface area contributed by atoms with Crippen molar-refractivity contribution < 1.29 is 26.7 Å². The van der Waals surface area contributed by atoms with Gasteiger partial charge in [0.05, 0.1) is 0 Å². The average Bonchev–Trinajstić information content (AvgIpc) is 2.34. The zero-order valence-corrected chi connectivity index (χ0v) is 13.8. The Bertz CT molecular complexity index is 506. The van der Waals surface area contributed by atoms with Gasteiger partial charge in [-0.2, -0.15) is 22.0 Å². The van der Waals surface area contributed by atoms with Crippen LogP contribution in [0.25, 0.3) is 0 Å². The number of amides is 1. The SMILES string of the molecule is CC(C)(C)CN(CC(F)(F)F)C(=O)c1ccc(SC(F)F)cc1. The lowest BCUT2D eigenvalue weighted by Gasteiger charge is -2.30. The molecule has 0 radical (unpaired) electrons. The number of thioether (sulfide) groups is 1. The van der Waals surface area contributed by atoms with Crippen LogP contribution in [0.5, 0.6) is 0 Å². The molecule has 0 unspecified atom stereocenters. The third kappa shape index (κ3) is 7.67. The summed E-state index contributed by atoms with van der Waals surface area (Å²) in [7, 11) is 0. The van der Waals surface area contributed by atoms with Crippen LogP contribution in [0.3, 0.4) is 0 Å². The van der Waals surface area contributed by atoms with Gasteiger partial charge >= 0.3 is 6.18 Å². The van der Waals surface area contributed by atoms with E-state index in [2.05, 4.69) is 0 Å². The number of benzene rings is 1. The van der Waals surface area contributed by atoms with Gasteiger partial charge < -0.3 is 4.90 Å². The Labute approximate surface area is 136 Å². The molecule has 1 amide bonds. The number of hydrogen-bond acceptors (Lipinski definition) is 2. The molecular formula is C15H18F5NOS. The van der Waals surface area contributed by atoms with Gasteiger partial charge in [0, 0.05) is 17.0 Å². The maximum Gasteiger partial charge on any atom is 0.406 e. The van der Waals surface area contributed by atoms with Crippen molar-refractivity contribution in [3.63, 3.8) is 0 Å². The van der Waals surface area contributed by atoms with Crippen molar-refractivity contribution in [1.29, 1.82) is 0 Å². The molecule has 0 spiro atoms. The summed E-state index contributed by atoms with van der Waals surface area (Å²) < 4.78 is 62.5. The fourth-order valence-electron chi connectivity index (χ4n) is 1.95. The van der Waals surface area contributed by atoms with E-state index in [-0.39, 0.29) is 17.0 Å². The quantitative estimate of drug-likeness (QED) is 0.544. The first-order valence-corrected chi connectivity index (χ1v) is 7.66. The summed E-state index contributed by atoms with van der Waals surface area (Å²) >= 11 is 0.309. The van der Waals surface area contributed by atoms with Crippen LogP contribution in [0.1, 0.15) is 31.1 Å². The second-order valence-electron chi connectivity index (χ2n) is 6.24. The summed E-state index contributed by atoms with van der Waals surface area (Å²) in [5.41, 5.74) is -0.469. The highest BCUT2D eigenvalue weighted by atomic mass is 32.2. The Balaban J connectivity index is 2.95. The van der Waals surface area contributed by atoms with Crippen molar-refractivity contribution in [2.45, 2.75) is 37.6 Å². The minimum Gasteiger partial charge on any atom is -0.329 e. The smallest absolute Gasteiger partial charge is 0.329 e. The highest BCUT2D eigenvalue weighted by Crippen LogP contribution is 2.27. The van der Waals surface area contributed by atoms with E-state index in [1.165, 1.54) is 24.3 Å². The molecule has 0 aliphatic heterocycles. The first kappa shape index (κ1) is 19.7. The fourth-order valence-corrected chi connectivity index (χ4v) is 2.45. The van der Waals surface area contributed by atoms with E-state index in [9.17, 15) is 26.7 Å². The lowest BCUT2D eigenvalue weighted by atomic mass is 9.95. The van der Waals surface area contributed by atoms with Crippen LogP contribution in [-0.4, -0.2) is 35.8 Å². The molecule has 0 bridgehead atoms. The predicted octanol–water partition coefficient (Wildman–Crippen LogP) is 5.05. The van der Waals surface area contributed by atoms with Crippen LogP contribution in [0.15, 0.2) is 29.2 Å². The standard InChI is InChI=1S/C15H18F5NOS/c1-14(2,3)8-21(9-15(18,19)20)12(22)10-4-6-11(7-5-10)23-13(16)17/h4-7,13H,8-9H2,1-3H3. The van der Waals surface area contributed by atoms with Gasteiger partial charge in [-0.25, -0.2) is 0 Å². The van der Waals surface area contributed by atoms with Crippen LogP contribution in [0, 0.1) is 5.41 Å². The average molecular weight is 355 g/mol. The van der Waals surface area contributed by atoms with Crippen molar-refractivity contribution >= 4 is 17.7 Å². The van der Waals surface area contributed by atoms with E-state index < -0.39 is 29.8 Å². The molecule has 0 aliphatic rings. The maximum atomic E-state index is 12.7. The lowest BCUT2D eigenvalue weighted by Crippen LogP contribution is -2.43. The summed E-state index contributed by atoms with van der Waals surface area (Å²) in [4.78, 5) is 13.3. The molecule has 0 aliphatic carbocycles. The first-order chi connectivity index (χ1) is 10.4. The van der Waals surface area contributed by atoms with Gasteiger partial charge in [0.2, 0.25) is 0 Å². The Kier molecular flexibility index (Phi) is 6.44. The van der Waals surface area contributed by atoms with E-state index in [0.717, 1.165) is 4.90 Å². The minimum absolute atomic E-state index is 0.0390. The van der Waals surface area contributed by atoms with Crippen LogP contribution in [0.2, 0.25) is 0 Å². The van der Waals surface area contributed by atoms with Crippen LogP contribution >= 0.6 is 11.8 Å². The lowest BCUT2D eigenvalue weighted by molar-refractivity contribution is -0.142. The third-order valence-electron chi connectivity index (χ3n) is 2.65. The van der Waals surface area contributed by atoms with Crippen molar-refractivity contribution in [1.82, 2.24) is 4.90 Å². The normalized spacial score (nSPS) is 12.6. The van der Waals surface area contributed by atoms with Crippen molar-refractivity contribution in [3.8, 4) is 0 Å². The van der Waals surface area contributed by atoms with Crippen molar-refractivity contribution in [2.24, 2.45) is 5.41 Å². The molecule has 0 atom stereocenters. The Morgan fingerprint density at radius 1 is 1.09 bits per heavy atom. The molecule has 0 N–H and O–H groups in total. The second kappa shape index (κ2) is 7.51. The van der Waals surface area contributed by atoms with Gasteiger partial charge in [-0.3, -0.25) is 4.79 Å². The molecule has 2 nitrogen and oxygen atoms in total. The highest BCUT2D eigenvalue weighted by Gasteiger charge is 2.35. The highest BCUT2D eigenvalue weighted by molar-refractivity contribution is 7.99. The second-order valence-corrected chi connectivity index (χ2v) is 7.30. The van der Waals surface area contributed by atoms with E-state index >= 15 is 0 Å². The summed E-state index contributed by atoms with van der Waals surface area (Å²) in [6.07, 6.45) is -4.51. The third-order valence-corrected chi connectivity index (χ3v) is 3.37. The van der Waals surface area contributed by atoms with Gasteiger partial charge in [-0.05, 0) is 29.7 Å². The molecule has 1 aromatic carbocycles. The zero-order chi connectivity index (χ0) is 17.8. The number of rotatable bonds is 5. The number of carbonyl (C=O) groups is 1. The van der Waals surface area contributed by atoms with Gasteiger partial charge in [0.25, 0.3) is 11.7 Å². The Hall–Kier alpha value is -1.31. The number of nitrogens with zero attached hydrogens (tertiary/aromatic N) is 1. The van der Waals surface area contributed by atoms with Gasteiger partial charge in [0.1, 0.15) is 6.54 Å². The summed E-state index contributed by atoms with van der Waals surface area (Å²) in [6, 6.07) is 5.12. The van der Waals surface area contributed by atoms with E-state index in [0.29, 0.717) is 11.8 Å². The summed E-state index contributed by atoms with van der Waals surface area (Å²) in [5.74, 6) is -3.37.